The van der Waals surface area contributed by atoms with Gasteiger partial charge in [0.1, 0.15) is 11.3 Å². The van der Waals surface area contributed by atoms with Crippen LogP contribution in [-0.2, 0) is 17.6 Å². The average molecular weight is 352 g/mol. The molecule has 0 spiro atoms. The van der Waals surface area contributed by atoms with Gasteiger partial charge in [-0.3, -0.25) is 9.36 Å². The van der Waals surface area contributed by atoms with Crippen molar-refractivity contribution in [1.82, 2.24) is 14.5 Å². The number of fused-ring (bicyclic) bond motifs is 1. The summed E-state index contributed by atoms with van der Waals surface area (Å²) in [5.41, 5.74) is 11.5. The number of unbranched alkanes of at least 4 members (excludes halogenated alkanes) is 1. The van der Waals surface area contributed by atoms with E-state index in [1.807, 2.05) is 6.92 Å². The molecule has 2 aromatic heterocycles. The molecule has 6 nitrogen and oxygen atoms in total. The fraction of sp³-hybridized carbons (Fsp3) is 0.350. The van der Waals surface area contributed by atoms with Crippen LogP contribution in [0.1, 0.15) is 43.1 Å². The summed E-state index contributed by atoms with van der Waals surface area (Å²) >= 11 is 0. The quantitative estimate of drug-likeness (QED) is 0.633. The van der Waals surface area contributed by atoms with Gasteiger partial charge in [0.15, 0.2) is 5.65 Å². The maximum Gasteiger partial charge on any atom is 0.303 e. The summed E-state index contributed by atoms with van der Waals surface area (Å²) in [5.74, 6) is 0.221. The van der Waals surface area contributed by atoms with E-state index in [9.17, 15) is 4.79 Å². The number of hydrogen-bond donors (Lipinski definition) is 2. The molecule has 0 unspecified atom stereocenters. The van der Waals surface area contributed by atoms with E-state index in [0.717, 1.165) is 47.5 Å². The summed E-state index contributed by atoms with van der Waals surface area (Å²) in [7, 11) is 0. The topological polar surface area (TPSA) is 94.0 Å². The highest BCUT2D eigenvalue weighted by molar-refractivity contribution is 5.81. The first-order valence-corrected chi connectivity index (χ1v) is 8.94. The second-order valence-electron chi connectivity index (χ2n) is 6.50. The molecule has 1 aromatic carbocycles. The molecule has 0 aliphatic carbocycles. The molecule has 0 aliphatic rings. The molecular formula is C20H24N4O2. The van der Waals surface area contributed by atoms with Gasteiger partial charge in [-0.25, -0.2) is 9.97 Å². The highest BCUT2D eigenvalue weighted by atomic mass is 16.4. The number of pyridine rings is 1. The van der Waals surface area contributed by atoms with Gasteiger partial charge in [0.2, 0.25) is 0 Å². The number of aliphatic carboxylic acids is 1. The standard InChI is InChI=1S/C20H24N4O2/c1-3-17-23-19-13(2)16(21)12-22-20(19)24(17)15-10-8-14(9-11-15)6-4-5-7-18(25)26/h8-12H,3-7,21H2,1-2H3,(H,25,26). The fourth-order valence-electron chi connectivity index (χ4n) is 3.12. The van der Waals surface area contributed by atoms with Crippen LogP contribution in [0.2, 0.25) is 0 Å². The SMILES string of the molecule is CCc1nc2c(C)c(N)cnc2n1-c1ccc(CCCCC(=O)O)cc1. The Balaban J connectivity index is 1.87. The van der Waals surface area contributed by atoms with Gasteiger partial charge in [-0.2, -0.15) is 0 Å². The molecule has 0 aliphatic heterocycles. The third-order valence-corrected chi connectivity index (χ3v) is 4.65. The second-order valence-corrected chi connectivity index (χ2v) is 6.50. The number of rotatable bonds is 7. The lowest BCUT2D eigenvalue weighted by molar-refractivity contribution is -0.137. The van der Waals surface area contributed by atoms with Gasteiger partial charge in [-0.1, -0.05) is 19.1 Å². The second kappa shape index (κ2) is 7.56. The summed E-state index contributed by atoms with van der Waals surface area (Å²) in [6, 6.07) is 8.32. The van der Waals surface area contributed by atoms with Crippen molar-refractivity contribution in [3.63, 3.8) is 0 Å². The van der Waals surface area contributed by atoms with Crippen molar-refractivity contribution in [2.45, 2.75) is 46.0 Å². The van der Waals surface area contributed by atoms with Gasteiger partial charge < -0.3 is 10.8 Å². The van der Waals surface area contributed by atoms with E-state index in [-0.39, 0.29) is 6.42 Å². The molecule has 0 radical (unpaired) electrons. The number of nitrogen functional groups attached to an aromatic ring is 1. The Bertz CT molecular complexity index is 929. The number of aryl methyl sites for hydroxylation is 3. The number of nitrogens with zero attached hydrogens (tertiary/aromatic N) is 3. The van der Waals surface area contributed by atoms with Crippen LogP contribution in [0.25, 0.3) is 16.9 Å². The molecule has 3 N–H and O–H groups in total. The number of aromatic nitrogens is 3. The van der Waals surface area contributed by atoms with Crippen LogP contribution in [0.15, 0.2) is 30.5 Å². The number of carboxylic acids is 1. The minimum Gasteiger partial charge on any atom is -0.481 e. The van der Waals surface area contributed by atoms with E-state index in [0.29, 0.717) is 12.1 Å². The molecule has 0 amide bonds. The normalized spacial score (nSPS) is 11.2. The molecule has 0 saturated heterocycles. The zero-order valence-electron chi connectivity index (χ0n) is 15.2. The highest BCUT2D eigenvalue weighted by Gasteiger charge is 2.15. The van der Waals surface area contributed by atoms with Crippen molar-refractivity contribution in [3.8, 4) is 5.69 Å². The number of carbonyl (C=O) groups is 1. The van der Waals surface area contributed by atoms with Crippen molar-refractivity contribution >= 4 is 22.8 Å². The maximum absolute atomic E-state index is 10.6. The summed E-state index contributed by atoms with van der Waals surface area (Å²) in [6.07, 6.45) is 5.17. The van der Waals surface area contributed by atoms with E-state index < -0.39 is 5.97 Å². The Labute approximate surface area is 152 Å². The van der Waals surface area contributed by atoms with Crippen LogP contribution < -0.4 is 5.73 Å². The molecule has 0 bridgehead atoms. The lowest BCUT2D eigenvalue weighted by atomic mass is 10.1. The molecule has 3 rings (SSSR count). The van der Waals surface area contributed by atoms with Crippen LogP contribution in [0.3, 0.4) is 0 Å². The molecule has 136 valence electrons. The average Bonchev–Trinajstić information content (AvgIpc) is 3.01. The van der Waals surface area contributed by atoms with Gasteiger partial charge >= 0.3 is 5.97 Å². The van der Waals surface area contributed by atoms with Gasteiger partial charge in [0, 0.05) is 24.1 Å². The Morgan fingerprint density at radius 3 is 2.62 bits per heavy atom. The smallest absolute Gasteiger partial charge is 0.303 e. The Morgan fingerprint density at radius 2 is 1.96 bits per heavy atom. The number of imidazole rings is 1. The van der Waals surface area contributed by atoms with E-state index in [2.05, 4.69) is 40.7 Å². The largest absolute Gasteiger partial charge is 0.481 e. The van der Waals surface area contributed by atoms with Crippen molar-refractivity contribution in [3.05, 3.63) is 47.4 Å². The molecule has 26 heavy (non-hydrogen) atoms. The summed E-state index contributed by atoms with van der Waals surface area (Å²) in [6.45, 7) is 4.05. The number of carboxylic acid groups (broad SMARTS) is 1. The minimum atomic E-state index is -0.733. The molecule has 3 aromatic rings. The van der Waals surface area contributed by atoms with E-state index in [4.69, 9.17) is 15.8 Å². The van der Waals surface area contributed by atoms with E-state index in [1.165, 1.54) is 5.56 Å². The van der Waals surface area contributed by atoms with Crippen LogP contribution in [-0.4, -0.2) is 25.6 Å². The molecule has 0 atom stereocenters. The molecule has 0 saturated carbocycles. The maximum atomic E-state index is 10.6. The van der Waals surface area contributed by atoms with Crippen LogP contribution in [0.4, 0.5) is 5.69 Å². The summed E-state index contributed by atoms with van der Waals surface area (Å²) in [4.78, 5) is 19.8. The van der Waals surface area contributed by atoms with Crippen molar-refractivity contribution < 1.29 is 9.90 Å². The zero-order valence-corrected chi connectivity index (χ0v) is 15.2. The van der Waals surface area contributed by atoms with Gasteiger partial charge in [-0.15, -0.1) is 0 Å². The van der Waals surface area contributed by atoms with Gasteiger partial charge in [0.25, 0.3) is 0 Å². The first kappa shape index (κ1) is 17.9. The number of anilines is 1. The third kappa shape index (κ3) is 3.54. The van der Waals surface area contributed by atoms with Gasteiger partial charge in [-0.05, 0) is 43.9 Å². The zero-order chi connectivity index (χ0) is 18.7. The summed E-state index contributed by atoms with van der Waals surface area (Å²) < 4.78 is 2.08. The van der Waals surface area contributed by atoms with Crippen LogP contribution in [0.5, 0.6) is 0 Å². The van der Waals surface area contributed by atoms with E-state index in [1.54, 1.807) is 6.20 Å². The summed E-state index contributed by atoms with van der Waals surface area (Å²) in [5, 5.41) is 8.70. The Kier molecular flexibility index (Phi) is 5.21. The first-order valence-electron chi connectivity index (χ1n) is 8.94. The Morgan fingerprint density at radius 1 is 1.23 bits per heavy atom. The lowest BCUT2D eigenvalue weighted by Crippen LogP contribution is -2.02. The predicted octanol–water partition coefficient (Wildman–Crippen LogP) is 3.67. The Hall–Kier alpha value is -2.89. The number of nitrogens with two attached hydrogens (primary N) is 1. The minimum absolute atomic E-state index is 0.229. The van der Waals surface area contributed by atoms with Crippen molar-refractivity contribution in [1.29, 1.82) is 0 Å². The molecule has 6 heteroatoms. The predicted molar refractivity (Wildman–Crippen MR) is 103 cm³/mol. The van der Waals surface area contributed by atoms with Crippen molar-refractivity contribution in [2.75, 3.05) is 5.73 Å². The first-order chi connectivity index (χ1) is 12.5. The molecule has 0 fully saturated rings. The lowest BCUT2D eigenvalue weighted by Gasteiger charge is -2.09. The number of benzene rings is 1. The van der Waals surface area contributed by atoms with E-state index >= 15 is 0 Å². The van der Waals surface area contributed by atoms with Crippen LogP contribution in [0, 0.1) is 6.92 Å². The van der Waals surface area contributed by atoms with Gasteiger partial charge in [0.05, 0.1) is 11.9 Å². The molecule has 2 heterocycles. The van der Waals surface area contributed by atoms with Crippen molar-refractivity contribution in [2.24, 2.45) is 0 Å². The third-order valence-electron chi connectivity index (χ3n) is 4.65. The fourth-order valence-corrected chi connectivity index (χ4v) is 3.12. The highest BCUT2D eigenvalue weighted by Crippen LogP contribution is 2.25. The monoisotopic (exact) mass is 352 g/mol. The number of hydrogen-bond acceptors (Lipinski definition) is 4. The van der Waals surface area contributed by atoms with Crippen LogP contribution >= 0.6 is 0 Å². The molecular weight excluding hydrogens is 328 g/mol.